The van der Waals surface area contributed by atoms with Crippen LogP contribution in [0.5, 0.6) is 0 Å². The van der Waals surface area contributed by atoms with Crippen molar-refractivity contribution in [3.63, 3.8) is 0 Å². The summed E-state index contributed by atoms with van der Waals surface area (Å²) in [7, 11) is 0. The lowest BCUT2D eigenvalue weighted by Crippen LogP contribution is -1.98. The highest BCUT2D eigenvalue weighted by molar-refractivity contribution is 5.97. The second kappa shape index (κ2) is 6.11. The molecule has 0 radical (unpaired) electrons. The monoisotopic (exact) mass is 180 g/mol. The number of nitrogens with one attached hydrogen (secondary N) is 1. The van der Waals surface area contributed by atoms with Gasteiger partial charge in [0.25, 0.3) is 0 Å². The van der Waals surface area contributed by atoms with E-state index in [9.17, 15) is 0 Å². The van der Waals surface area contributed by atoms with E-state index in [2.05, 4.69) is 17.1 Å². The Morgan fingerprint density at radius 2 is 2.00 bits per heavy atom. The van der Waals surface area contributed by atoms with Crippen molar-refractivity contribution in [2.75, 3.05) is 0 Å². The van der Waals surface area contributed by atoms with Gasteiger partial charge in [0.05, 0.1) is 0 Å². The van der Waals surface area contributed by atoms with E-state index in [4.69, 9.17) is 11.4 Å². The molecule has 0 spiro atoms. The Labute approximate surface area is 78.7 Å². The summed E-state index contributed by atoms with van der Waals surface area (Å²) in [5.74, 6) is 5.30. The van der Waals surface area contributed by atoms with Crippen LogP contribution in [0.4, 0.5) is 0 Å². The molecule has 0 aliphatic rings. The van der Waals surface area contributed by atoms with Crippen LogP contribution in [0.3, 0.4) is 0 Å². The van der Waals surface area contributed by atoms with Crippen LogP contribution in [0.2, 0.25) is 0 Å². The third-order valence-corrected chi connectivity index (χ3v) is 1.76. The summed E-state index contributed by atoms with van der Waals surface area (Å²) in [5.41, 5.74) is 8.83. The molecule has 13 heavy (non-hydrogen) atoms. The van der Waals surface area contributed by atoms with Gasteiger partial charge in [0, 0.05) is 0 Å². The van der Waals surface area contributed by atoms with Crippen LogP contribution in [0.1, 0.15) is 27.2 Å². The lowest BCUT2D eigenvalue weighted by molar-refractivity contribution is 1.10. The highest BCUT2D eigenvalue weighted by atomic mass is 15.2. The van der Waals surface area contributed by atoms with Gasteiger partial charge in [0.1, 0.15) is 0 Å². The predicted molar refractivity (Wildman–Crippen MR) is 54.6 cm³/mol. The van der Waals surface area contributed by atoms with E-state index in [0.29, 0.717) is 0 Å². The Morgan fingerprint density at radius 1 is 1.38 bits per heavy atom. The molecule has 0 rings (SSSR count). The number of amidine groups is 1. The summed E-state index contributed by atoms with van der Waals surface area (Å²) in [6.07, 6.45) is 4.85. The molecule has 4 nitrogen and oxygen atoms in total. The van der Waals surface area contributed by atoms with E-state index < -0.39 is 0 Å². The van der Waals surface area contributed by atoms with Crippen LogP contribution in [-0.2, 0) is 0 Å². The van der Waals surface area contributed by atoms with E-state index in [1.54, 1.807) is 0 Å². The Bertz CT molecular complexity index is 261. The maximum Gasteiger partial charge on any atom is 0.195 e. The number of hydrogen-bond acceptors (Lipinski definition) is 3. The fourth-order valence-corrected chi connectivity index (χ4v) is 0.679. The van der Waals surface area contributed by atoms with Crippen molar-refractivity contribution in [3.8, 4) is 0 Å². The molecule has 3 N–H and O–H groups in total. The molecule has 0 saturated heterocycles. The summed E-state index contributed by atoms with van der Waals surface area (Å²) in [4.78, 5) is 0. The number of nitrogens with two attached hydrogens (primary N) is 1. The van der Waals surface area contributed by atoms with Crippen molar-refractivity contribution in [2.45, 2.75) is 27.2 Å². The molecule has 0 aliphatic heterocycles. The molecule has 0 unspecified atom stereocenters. The van der Waals surface area contributed by atoms with Crippen molar-refractivity contribution in [2.24, 2.45) is 16.1 Å². The molecular weight excluding hydrogens is 164 g/mol. The van der Waals surface area contributed by atoms with Gasteiger partial charge in [-0.25, -0.2) is 5.53 Å². The zero-order chi connectivity index (χ0) is 10.3. The first-order valence-electron chi connectivity index (χ1n) is 4.15. The van der Waals surface area contributed by atoms with Gasteiger partial charge in [-0.1, -0.05) is 24.6 Å². The molecular formula is C9H16N4. The molecule has 0 fully saturated rings. The van der Waals surface area contributed by atoms with Gasteiger partial charge in [-0.2, -0.15) is 5.10 Å². The number of hydrazone groups is 1. The van der Waals surface area contributed by atoms with Crippen LogP contribution in [0.15, 0.2) is 33.5 Å². The standard InChI is InChI=1S/C9H16N4/c1-4-7(2)5-6-8(3)9(12-10)13-11/h5-6,10H,4,11H2,1-3H3/b7-5-,8-6+,12-10?,13-9-. The first-order chi connectivity index (χ1) is 6.15. The second-order valence-electron chi connectivity index (χ2n) is 2.78. The molecule has 0 atom stereocenters. The minimum absolute atomic E-state index is 0.264. The van der Waals surface area contributed by atoms with Gasteiger partial charge < -0.3 is 5.84 Å². The van der Waals surface area contributed by atoms with E-state index in [-0.39, 0.29) is 5.84 Å². The molecule has 0 aliphatic carbocycles. The molecule has 0 aromatic carbocycles. The predicted octanol–water partition coefficient (Wildman–Crippen LogP) is 2.59. The zero-order valence-corrected chi connectivity index (χ0v) is 8.33. The smallest absolute Gasteiger partial charge is 0.195 e. The molecule has 0 aromatic heterocycles. The molecule has 72 valence electrons. The molecule has 0 aromatic rings. The topological polar surface area (TPSA) is 74.6 Å². The van der Waals surface area contributed by atoms with Crippen molar-refractivity contribution in [3.05, 3.63) is 23.3 Å². The summed E-state index contributed by atoms with van der Waals surface area (Å²) in [6, 6.07) is 0. The maximum atomic E-state index is 6.77. The normalized spacial score (nSPS) is 14.5. The second-order valence-corrected chi connectivity index (χ2v) is 2.78. The van der Waals surface area contributed by atoms with Crippen LogP contribution in [0.25, 0.3) is 0 Å². The largest absolute Gasteiger partial charge is 0.321 e. The summed E-state index contributed by atoms with van der Waals surface area (Å²) in [5, 5.41) is 6.56. The van der Waals surface area contributed by atoms with Gasteiger partial charge in [0.15, 0.2) is 5.84 Å². The Morgan fingerprint density at radius 3 is 2.38 bits per heavy atom. The van der Waals surface area contributed by atoms with Crippen molar-refractivity contribution in [1.29, 1.82) is 5.53 Å². The van der Waals surface area contributed by atoms with Crippen LogP contribution >= 0.6 is 0 Å². The number of hydrogen-bond donors (Lipinski definition) is 2. The van der Waals surface area contributed by atoms with Crippen LogP contribution < -0.4 is 5.84 Å². The zero-order valence-electron chi connectivity index (χ0n) is 8.33. The Hall–Kier alpha value is -1.45. The Kier molecular flexibility index (Phi) is 5.43. The number of rotatable bonds is 3. The lowest BCUT2D eigenvalue weighted by atomic mass is 10.2. The van der Waals surface area contributed by atoms with Crippen LogP contribution in [-0.4, -0.2) is 5.84 Å². The minimum atomic E-state index is 0.264. The molecule has 0 amide bonds. The van der Waals surface area contributed by atoms with E-state index in [0.717, 1.165) is 12.0 Å². The highest BCUT2D eigenvalue weighted by Gasteiger charge is 1.96. The molecule has 0 bridgehead atoms. The minimum Gasteiger partial charge on any atom is -0.321 e. The van der Waals surface area contributed by atoms with Gasteiger partial charge in [-0.15, -0.1) is 5.11 Å². The third kappa shape index (κ3) is 4.20. The van der Waals surface area contributed by atoms with Crippen molar-refractivity contribution < 1.29 is 0 Å². The van der Waals surface area contributed by atoms with Gasteiger partial charge in [-0.3, -0.25) is 0 Å². The highest BCUT2D eigenvalue weighted by Crippen LogP contribution is 2.03. The fourth-order valence-electron chi connectivity index (χ4n) is 0.679. The van der Waals surface area contributed by atoms with Gasteiger partial charge in [-0.05, 0) is 25.8 Å². The average molecular weight is 180 g/mol. The summed E-state index contributed by atoms with van der Waals surface area (Å²) in [6.45, 7) is 5.95. The van der Waals surface area contributed by atoms with Gasteiger partial charge in [0.2, 0.25) is 0 Å². The van der Waals surface area contributed by atoms with Crippen LogP contribution in [0, 0.1) is 5.53 Å². The number of nitrogens with zero attached hydrogens (tertiary/aromatic N) is 2. The number of allylic oxidation sites excluding steroid dienone is 3. The van der Waals surface area contributed by atoms with E-state index in [1.165, 1.54) is 5.57 Å². The van der Waals surface area contributed by atoms with Crippen molar-refractivity contribution in [1.82, 2.24) is 0 Å². The quantitative estimate of drug-likeness (QED) is 0.172. The lowest BCUT2D eigenvalue weighted by Gasteiger charge is -1.95. The maximum absolute atomic E-state index is 6.77. The first-order valence-corrected chi connectivity index (χ1v) is 4.15. The van der Waals surface area contributed by atoms with Gasteiger partial charge >= 0.3 is 0 Å². The average Bonchev–Trinajstić information content (AvgIpc) is 2.16. The fraction of sp³-hybridized carbons (Fsp3) is 0.444. The first kappa shape index (κ1) is 11.6. The van der Waals surface area contributed by atoms with E-state index >= 15 is 0 Å². The molecule has 0 saturated carbocycles. The third-order valence-electron chi connectivity index (χ3n) is 1.76. The SMILES string of the molecule is CC\C(C)=C/C=C(C)/C(N=N)=N/N. The molecule has 4 heteroatoms. The molecule has 0 heterocycles. The van der Waals surface area contributed by atoms with E-state index in [1.807, 2.05) is 26.0 Å². The van der Waals surface area contributed by atoms with Crippen molar-refractivity contribution >= 4 is 5.84 Å². The summed E-state index contributed by atoms with van der Waals surface area (Å²) >= 11 is 0. The Balaban J connectivity index is 4.58. The summed E-state index contributed by atoms with van der Waals surface area (Å²) < 4.78 is 0.